The molecule has 3 nitrogen and oxygen atoms in total. The fourth-order valence-electron chi connectivity index (χ4n) is 3.50. The highest BCUT2D eigenvalue weighted by molar-refractivity contribution is 4.85. The molecule has 0 unspecified atom stereocenters. The maximum Gasteiger partial charge on any atom is 0.0558 e. The Morgan fingerprint density at radius 2 is 1.74 bits per heavy atom. The lowest BCUT2D eigenvalue weighted by Crippen LogP contribution is -2.48. The Morgan fingerprint density at radius 3 is 2.21 bits per heavy atom. The second-order valence-electron chi connectivity index (χ2n) is 5.89. The van der Waals surface area contributed by atoms with Crippen LogP contribution in [0.1, 0.15) is 65.7 Å². The SMILES string of the molecule is CCCNC1CCC(N(CCO)C(CC)CC)CC1. The first-order valence-electron chi connectivity index (χ1n) is 8.36. The molecule has 0 aliphatic heterocycles. The minimum Gasteiger partial charge on any atom is -0.395 e. The Kier molecular flexibility index (Phi) is 8.67. The number of aliphatic hydroxyl groups is 1. The molecule has 0 spiro atoms. The van der Waals surface area contributed by atoms with Gasteiger partial charge in [-0.2, -0.15) is 0 Å². The predicted molar refractivity (Wildman–Crippen MR) is 82.5 cm³/mol. The van der Waals surface area contributed by atoms with Crippen molar-refractivity contribution in [1.82, 2.24) is 10.2 Å². The molecule has 0 aromatic heterocycles. The molecule has 0 aromatic rings. The van der Waals surface area contributed by atoms with Crippen LogP contribution < -0.4 is 5.32 Å². The smallest absolute Gasteiger partial charge is 0.0558 e. The van der Waals surface area contributed by atoms with Crippen molar-refractivity contribution in [3.63, 3.8) is 0 Å². The minimum absolute atomic E-state index is 0.296. The molecule has 1 rings (SSSR count). The molecule has 0 aromatic carbocycles. The van der Waals surface area contributed by atoms with E-state index in [1.165, 1.54) is 44.9 Å². The summed E-state index contributed by atoms with van der Waals surface area (Å²) < 4.78 is 0. The molecule has 1 aliphatic rings. The lowest BCUT2D eigenvalue weighted by atomic mass is 9.88. The van der Waals surface area contributed by atoms with Crippen LogP contribution in [0.2, 0.25) is 0 Å². The molecule has 1 fully saturated rings. The van der Waals surface area contributed by atoms with Gasteiger partial charge in [-0.1, -0.05) is 20.8 Å². The van der Waals surface area contributed by atoms with Gasteiger partial charge in [0.2, 0.25) is 0 Å². The highest BCUT2D eigenvalue weighted by Crippen LogP contribution is 2.26. The van der Waals surface area contributed by atoms with Crippen LogP contribution in [0.15, 0.2) is 0 Å². The Hall–Kier alpha value is -0.120. The van der Waals surface area contributed by atoms with Crippen molar-refractivity contribution < 1.29 is 5.11 Å². The molecule has 1 aliphatic carbocycles. The van der Waals surface area contributed by atoms with Gasteiger partial charge >= 0.3 is 0 Å². The van der Waals surface area contributed by atoms with E-state index in [2.05, 4.69) is 31.0 Å². The number of hydrogen-bond donors (Lipinski definition) is 2. The molecule has 19 heavy (non-hydrogen) atoms. The van der Waals surface area contributed by atoms with Crippen molar-refractivity contribution in [3.8, 4) is 0 Å². The molecule has 114 valence electrons. The zero-order valence-corrected chi connectivity index (χ0v) is 13.2. The van der Waals surface area contributed by atoms with Gasteiger partial charge in [-0.25, -0.2) is 0 Å². The van der Waals surface area contributed by atoms with Crippen LogP contribution in [0, 0.1) is 0 Å². The highest BCUT2D eigenvalue weighted by atomic mass is 16.3. The molecule has 0 amide bonds. The fraction of sp³-hybridized carbons (Fsp3) is 1.00. The Morgan fingerprint density at radius 1 is 1.11 bits per heavy atom. The number of aliphatic hydroxyl groups excluding tert-OH is 1. The fourth-order valence-corrected chi connectivity index (χ4v) is 3.50. The van der Waals surface area contributed by atoms with E-state index in [1.807, 2.05) is 0 Å². The van der Waals surface area contributed by atoms with E-state index >= 15 is 0 Å². The van der Waals surface area contributed by atoms with Crippen LogP contribution in [0.5, 0.6) is 0 Å². The molecule has 0 radical (unpaired) electrons. The normalized spacial score (nSPS) is 24.3. The standard InChI is InChI=1S/C16H34N2O/c1-4-11-17-14-7-9-16(10-8-14)18(12-13-19)15(5-2)6-3/h14-17,19H,4-13H2,1-3H3. The minimum atomic E-state index is 0.296. The lowest BCUT2D eigenvalue weighted by molar-refractivity contribution is 0.0704. The van der Waals surface area contributed by atoms with Gasteiger partial charge in [0.1, 0.15) is 0 Å². The molecular formula is C16H34N2O. The second kappa shape index (κ2) is 9.73. The average molecular weight is 270 g/mol. The van der Waals surface area contributed by atoms with E-state index in [-0.39, 0.29) is 0 Å². The van der Waals surface area contributed by atoms with E-state index in [4.69, 9.17) is 0 Å². The van der Waals surface area contributed by atoms with Gasteiger partial charge in [-0.3, -0.25) is 4.90 Å². The quantitative estimate of drug-likeness (QED) is 0.676. The summed E-state index contributed by atoms with van der Waals surface area (Å²) in [7, 11) is 0. The van der Waals surface area contributed by atoms with Crippen molar-refractivity contribution in [2.75, 3.05) is 19.7 Å². The van der Waals surface area contributed by atoms with Crippen molar-refractivity contribution >= 4 is 0 Å². The molecule has 0 heterocycles. The Labute approximate surface area is 119 Å². The summed E-state index contributed by atoms with van der Waals surface area (Å²) in [6.45, 7) is 9.07. The van der Waals surface area contributed by atoms with Gasteiger partial charge in [-0.05, 0) is 51.5 Å². The topological polar surface area (TPSA) is 35.5 Å². The first kappa shape index (κ1) is 16.9. The van der Waals surface area contributed by atoms with E-state index < -0.39 is 0 Å². The van der Waals surface area contributed by atoms with E-state index in [0.29, 0.717) is 18.7 Å². The number of hydrogen-bond acceptors (Lipinski definition) is 3. The summed E-state index contributed by atoms with van der Waals surface area (Å²) in [5.74, 6) is 0. The van der Waals surface area contributed by atoms with Crippen LogP contribution in [-0.4, -0.2) is 47.8 Å². The highest BCUT2D eigenvalue weighted by Gasteiger charge is 2.28. The van der Waals surface area contributed by atoms with Gasteiger partial charge in [0.15, 0.2) is 0 Å². The van der Waals surface area contributed by atoms with E-state index in [9.17, 15) is 5.11 Å². The van der Waals surface area contributed by atoms with Gasteiger partial charge in [0.05, 0.1) is 6.61 Å². The van der Waals surface area contributed by atoms with Crippen molar-refractivity contribution in [2.45, 2.75) is 83.8 Å². The second-order valence-corrected chi connectivity index (χ2v) is 5.89. The third-order valence-corrected chi connectivity index (χ3v) is 4.62. The maximum atomic E-state index is 9.32. The van der Waals surface area contributed by atoms with Gasteiger partial charge in [0, 0.05) is 24.7 Å². The molecule has 2 N–H and O–H groups in total. The first-order valence-corrected chi connectivity index (χ1v) is 8.36. The van der Waals surface area contributed by atoms with Crippen molar-refractivity contribution in [2.24, 2.45) is 0 Å². The van der Waals surface area contributed by atoms with Crippen LogP contribution in [0.3, 0.4) is 0 Å². The monoisotopic (exact) mass is 270 g/mol. The third kappa shape index (κ3) is 5.41. The summed E-state index contributed by atoms with van der Waals surface area (Å²) in [5, 5.41) is 13.0. The van der Waals surface area contributed by atoms with Crippen LogP contribution in [-0.2, 0) is 0 Å². The first-order chi connectivity index (χ1) is 9.26. The van der Waals surface area contributed by atoms with Gasteiger partial charge in [-0.15, -0.1) is 0 Å². The molecular weight excluding hydrogens is 236 g/mol. The van der Waals surface area contributed by atoms with E-state index in [0.717, 1.165) is 19.1 Å². The molecule has 0 saturated heterocycles. The molecule has 1 saturated carbocycles. The molecule has 0 atom stereocenters. The van der Waals surface area contributed by atoms with Crippen LogP contribution in [0.25, 0.3) is 0 Å². The number of nitrogens with zero attached hydrogens (tertiary/aromatic N) is 1. The number of nitrogens with one attached hydrogen (secondary N) is 1. The van der Waals surface area contributed by atoms with Gasteiger partial charge in [0.25, 0.3) is 0 Å². The molecule has 3 heteroatoms. The largest absolute Gasteiger partial charge is 0.395 e. The van der Waals surface area contributed by atoms with Crippen molar-refractivity contribution in [3.05, 3.63) is 0 Å². The summed E-state index contributed by atoms with van der Waals surface area (Å²) in [6, 6.07) is 2.07. The zero-order valence-electron chi connectivity index (χ0n) is 13.2. The van der Waals surface area contributed by atoms with E-state index in [1.54, 1.807) is 0 Å². The lowest BCUT2D eigenvalue weighted by Gasteiger charge is -2.41. The van der Waals surface area contributed by atoms with Gasteiger partial charge < -0.3 is 10.4 Å². The van der Waals surface area contributed by atoms with Crippen LogP contribution in [0.4, 0.5) is 0 Å². The average Bonchev–Trinajstić information content (AvgIpc) is 2.46. The van der Waals surface area contributed by atoms with Crippen LogP contribution >= 0.6 is 0 Å². The van der Waals surface area contributed by atoms with Crippen molar-refractivity contribution in [1.29, 1.82) is 0 Å². The predicted octanol–water partition coefficient (Wildman–Crippen LogP) is 2.78. The molecule has 0 bridgehead atoms. The third-order valence-electron chi connectivity index (χ3n) is 4.62. The maximum absolute atomic E-state index is 9.32. The number of rotatable bonds is 9. The summed E-state index contributed by atoms with van der Waals surface area (Å²) >= 11 is 0. The summed E-state index contributed by atoms with van der Waals surface area (Å²) in [4.78, 5) is 2.58. The summed E-state index contributed by atoms with van der Waals surface area (Å²) in [6.07, 6.45) is 8.80. The summed E-state index contributed by atoms with van der Waals surface area (Å²) in [5.41, 5.74) is 0. The zero-order chi connectivity index (χ0) is 14.1. The Balaban J connectivity index is 2.44. The Bertz CT molecular complexity index is 211.